The van der Waals surface area contributed by atoms with Crippen LogP contribution in [0.15, 0.2) is 24.5 Å². The zero-order valence-corrected chi connectivity index (χ0v) is 17.1. The van der Waals surface area contributed by atoms with Gasteiger partial charge >= 0.3 is 5.51 Å². The quantitative estimate of drug-likeness (QED) is 0.220. The monoisotopic (exact) mass is 411 g/mol. The predicted octanol–water partition coefficient (Wildman–Crippen LogP) is 5.12. The summed E-state index contributed by atoms with van der Waals surface area (Å²) >= 11 is 0. The Balaban J connectivity index is 0.000000713. The zero-order chi connectivity index (χ0) is 20.8. The van der Waals surface area contributed by atoms with Gasteiger partial charge in [0.25, 0.3) is 0 Å². The SMILES string of the molecule is CCCCCCCCCCC[n+]1ccc(CC)cc1.O=S(=O)([O-])C(F)(F)F. The lowest BCUT2D eigenvalue weighted by Gasteiger charge is -2.08. The van der Waals surface area contributed by atoms with Crippen LogP contribution < -0.4 is 4.57 Å². The van der Waals surface area contributed by atoms with E-state index in [2.05, 4.69) is 42.9 Å². The fraction of sp³-hybridized carbons (Fsp3) is 0.737. The Morgan fingerprint density at radius 3 is 1.67 bits per heavy atom. The average Bonchev–Trinajstić information content (AvgIpc) is 2.59. The molecule has 0 N–H and O–H groups in total. The maximum atomic E-state index is 10.7. The molecule has 0 spiro atoms. The van der Waals surface area contributed by atoms with E-state index in [-0.39, 0.29) is 0 Å². The molecule has 8 heteroatoms. The van der Waals surface area contributed by atoms with Crippen molar-refractivity contribution >= 4 is 10.1 Å². The van der Waals surface area contributed by atoms with Gasteiger partial charge in [0, 0.05) is 18.6 Å². The minimum atomic E-state index is -6.09. The molecule has 0 unspecified atom stereocenters. The molecule has 27 heavy (non-hydrogen) atoms. The molecule has 0 aliphatic heterocycles. The van der Waals surface area contributed by atoms with Crippen LogP contribution in [0.5, 0.6) is 0 Å². The van der Waals surface area contributed by atoms with Gasteiger partial charge in [-0.25, -0.2) is 13.0 Å². The Labute approximate surface area is 161 Å². The van der Waals surface area contributed by atoms with Crippen molar-refractivity contribution in [2.45, 2.75) is 90.1 Å². The van der Waals surface area contributed by atoms with Crippen LogP contribution in [0.4, 0.5) is 13.2 Å². The number of aromatic nitrogens is 1. The van der Waals surface area contributed by atoms with Crippen LogP contribution in [0.1, 0.15) is 77.2 Å². The second-order valence-corrected chi connectivity index (χ2v) is 7.90. The molecule has 0 atom stereocenters. The van der Waals surface area contributed by atoms with Crippen LogP contribution in [0.2, 0.25) is 0 Å². The maximum absolute atomic E-state index is 10.7. The fourth-order valence-electron chi connectivity index (χ4n) is 2.48. The highest BCUT2D eigenvalue weighted by Gasteiger charge is 2.36. The summed E-state index contributed by atoms with van der Waals surface area (Å²) in [5.41, 5.74) is -4.21. The van der Waals surface area contributed by atoms with Gasteiger partial charge in [-0.15, -0.1) is 0 Å². The first kappa shape index (κ1) is 25.9. The minimum Gasteiger partial charge on any atom is -0.741 e. The summed E-state index contributed by atoms with van der Waals surface area (Å²) in [4.78, 5) is 0. The second-order valence-electron chi connectivity index (χ2n) is 6.53. The smallest absolute Gasteiger partial charge is 0.485 e. The minimum absolute atomic E-state index is 1.14. The number of unbranched alkanes of at least 4 members (excludes halogenated alkanes) is 8. The normalized spacial score (nSPS) is 11.8. The Morgan fingerprint density at radius 1 is 0.889 bits per heavy atom. The van der Waals surface area contributed by atoms with E-state index >= 15 is 0 Å². The summed E-state index contributed by atoms with van der Waals surface area (Å²) in [5, 5.41) is 0. The summed E-state index contributed by atoms with van der Waals surface area (Å²) in [6.07, 6.45) is 18.3. The number of pyridine rings is 1. The Kier molecular flexibility index (Phi) is 13.3. The van der Waals surface area contributed by atoms with Crippen molar-refractivity contribution in [3.63, 3.8) is 0 Å². The van der Waals surface area contributed by atoms with Crippen LogP contribution in [-0.4, -0.2) is 18.5 Å². The van der Waals surface area contributed by atoms with E-state index in [9.17, 15) is 13.2 Å². The Morgan fingerprint density at radius 2 is 1.30 bits per heavy atom. The molecule has 0 fully saturated rings. The fourth-order valence-corrected chi connectivity index (χ4v) is 2.48. The molecule has 0 amide bonds. The van der Waals surface area contributed by atoms with Crippen molar-refractivity contribution in [2.24, 2.45) is 0 Å². The summed E-state index contributed by atoms with van der Waals surface area (Å²) in [6.45, 7) is 5.67. The number of halogens is 3. The molecular weight excluding hydrogens is 379 g/mol. The third kappa shape index (κ3) is 13.6. The predicted molar refractivity (Wildman–Crippen MR) is 99.0 cm³/mol. The van der Waals surface area contributed by atoms with E-state index in [0.717, 1.165) is 6.42 Å². The molecule has 0 saturated heterocycles. The van der Waals surface area contributed by atoms with Crippen molar-refractivity contribution in [1.82, 2.24) is 0 Å². The number of aryl methyl sites for hydroxylation is 2. The summed E-state index contributed by atoms with van der Waals surface area (Å²) < 4.78 is 61.2. The summed E-state index contributed by atoms with van der Waals surface area (Å²) in [5.74, 6) is 0. The van der Waals surface area contributed by atoms with E-state index in [1.54, 1.807) is 0 Å². The third-order valence-electron chi connectivity index (χ3n) is 4.17. The molecule has 1 heterocycles. The highest BCUT2D eigenvalue weighted by molar-refractivity contribution is 7.86. The van der Waals surface area contributed by atoms with Gasteiger partial charge in [-0.3, -0.25) is 0 Å². The van der Waals surface area contributed by atoms with Crippen LogP contribution in [-0.2, 0) is 23.1 Å². The number of alkyl halides is 3. The van der Waals surface area contributed by atoms with Gasteiger partial charge in [-0.1, -0.05) is 58.8 Å². The molecule has 1 aromatic rings. The van der Waals surface area contributed by atoms with Gasteiger partial charge in [0.15, 0.2) is 22.5 Å². The molecule has 0 bridgehead atoms. The van der Waals surface area contributed by atoms with Crippen LogP contribution in [0, 0.1) is 0 Å². The lowest BCUT2D eigenvalue weighted by molar-refractivity contribution is -0.697. The van der Waals surface area contributed by atoms with E-state index in [1.165, 1.54) is 69.9 Å². The van der Waals surface area contributed by atoms with Gasteiger partial charge < -0.3 is 4.55 Å². The van der Waals surface area contributed by atoms with Crippen LogP contribution in [0.25, 0.3) is 0 Å². The van der Waals surface area contributed by atoms with Crippen molar-refractivity contribution in [3.8, 4) is 0 Å². The molecule has 0 saturated carbocycles. The maximum Gasteiger partial charge on any atom is 0.485 e. The van der Waals surface area contributed by atoms with Crippen molar-refractivity contribution < 1.29 is 30.7 Å². The largest absolute Gasteiger partial charge is 0.741 e. The molecule has 0 aromatic carbocycles. The van der Waals surface area contributed by atoms with Gasteiger partial charge in [0.2, 0.25) is 0 Å². The van der Waals surface area contributed by atoms with Gasteiger partial charge in [0.05, 0.1) is 0 Å². The molecule has 1 aromatic heterocycles. The van der Waals surface area contributed by atoms with Gasteiger partial charge in [-0.2, -0.15) is 13.2 Å². The van der Waals surface area contributed by atoms with Gasteiger partial charge in [0.1, 0.15) is 6.54 Å². The number of hydrogen-bond acceptors (Lipinski definition) is 3. The lowest BCUT2D eigenvalue weighted by atomic mass is 10.1. The molecular formula is C19H32F3NO3S. The van der Waals surface area contributed by atoms with Crippen molar-refractivity contribution in [1.29, 1.82) is 0 Å². The molecule has 0 aliphatic carbocycles. The first-order valence-electron chi connectivity index (χ1n) is 9.62. The molecule has 0 radical (unpaired) electrons. The van der Waals surface area contributed by atoms with E-state index in [1.807, 2.05) is 0 Å². The van der Waals surface area contributed by atoms with E-state index in [0.29, 0.717) is 0 Å². The van der Waals surface area contributed by atoms with E-state index in [4.69, 9.17) is 13.0 Å². The first-order valence-corrected chi connectivity index (χ1v) is 11.0. The number of hydrogen-bond donors (Lipinski definition) is 0. The molecule has 4 nitrogen and oxygen atoms in total. The standard InChI is InChI=1S/C18H32N.CHF3O3S/c1-3-5-6-7-8-9-10-11-12-15-19-16-13-18(4-2)14-17-19;2-1(3,4)8(5,6)7/h13-14,16-17H,3-12,15H2,1-2H3;(H,5,6,7)/q+1;/p-1. The lowest BCUT2D eigenvalue weighted by Crippen LogP contribution is -2.32. The number of rotatable bonds is 11. The zero-order valence-electron chi connectivity index (χ0n) is 16.3. The number of nitrogens with zero attached hydrogens (tertiary/aromatic N) is 1. The van der Waals surface area contributed by atoms with Crippen LogP contribution >= 0.6 is 0 Å². The molecule has 0 aliphatic rings. The first-order chi connectivity index (χ1) is 12.6. The molecule has 1 rings (SSSR count). The second kappa shape index (κ2) is 13.9. The van der Waals surface area contributed by atoms with Crippen molar-refractivity contribution in [2.75, 3.05) is 0 Å². The molecule has 158 valence electrons. The average molecular weight is 412 g/mol. The summed E-state index contributed by atoms with van der Waals surface area (Å²) in [6, 6.07) is 4.49. The third-order valence-corrected chi connectivity index (χ3v) is 4.74. The summed E-state index contributed by atoms with van der Waals surface area (Å²) in [7, 11) is -6.09. The van der Waals surface area contributed by atoms with Crippen molar-refractivity contribution in [3.05, 3.63) is 30.1 Å². The van der Waals surface area contributed by atoms with Crippen LogP contribution in [0.3, 0.4) is 0 Å². The highest BCUT2D eigenvalue weighted by atomic mass is 32.2. The Bertz CT molecular complexity index is 587. The Hall–Kier alpha value is -1.15. The van der Waals surface area contributed by atoms with Gasteiger partial charge in [-0.05, 0) is 18.4 Å². The topological polar surface area (TPSA) is 61.1 Å². The van der Waals surface area contributed by atoms with E-state index < -0.39 is 15.6 Å². The highest BCUT2D eigenvalue weighted by Crippen LogP contribution is 2.20.